The summed E-state index contributed by atoms with van der Waals surface area (Å²) in [7, 11) is 0. The van der Waals surface area contributed by atoms with Gasteiger partial charge in [0.1, 0.15) is 5.75 Å². The molecule has 0 saturated carbocycles. The lowest BCUT2D eigenvalue weighted by atomic mass is 10.0. The summed E-state index contributed by atoms with van der Waals surface area (Å²) < 4.78 is 0. The zero-order valence-corrected chi connectivity index (χ0v) is 11.6. The molecule has 2 rings (SSSR count). The lowest BCUT2D eigenvalue weighted by molar-refractivity contribution is -0.131. The van der Waals surface area contributed by atoms with E-state index in [1.54, 1.807) is 42.5 Å². The number of hydrogen-bond acceptors (Lipinski definition) is 4. The molecule has 0 heterocycles. The van der Waals surface area contributed by atoms with Crippen molar-refractivity contribution in [2.75, 3.05) is 0 Å². The van der Waals surface area contributed by atoms with Crippen molar-refractivity contribution in [1.29, 1.82) is 0 Å². The normalized spacial score (nSPS) is 9.09. The molecule has 0 radical (unpaired) electrons. The quantitative estimate of drug-likeness (QED) is 0.514. The molecule has 0 spiro atoms. The highest BCUT2D eigenvalue weighted by molar-refractivity contribution is 6.49. The minimum absolute atomic E-state index is 0.0290. The maximum atomic E-state index is 11.9. The van der Waals surface area contributed by atoms with Crippen LogP contribution in [0.1, 0.15) is 20.7 Å². The van der Waals surface area contributed by atoms with E-state index in [1.807, 2.05) is 0 Å². The smallest absolute Gasteiger partial charge is 0.327 e. The van der Waals surface area contributed by atoms with Crippen molar-refractivity contribution < 1.29 is 24.6 Å². The number of Topliss-reactive ketones (excluding diaryl/α,β-unsaturated/α-hetero) is 2. The van der Waals surface area contributed by atoms with Crippen molar-refractivity contribution >= 4 is 17.5 Å². The number of aromatic hydroxyl groups is 1. The number of carboxylic acid groups (broad SMARTS) is 1. The van der Waals surface area contributed by atoms with Crippen LogP contribution in [0.25, 0.3) is 0 Å². The van der Waals surface area contributed by atoms with Crippen molar-refractivity contribution in [2.45, 2.75) is 0 Å². The lowest BCUT2D eigenvalue weighted by Crippen LogP contribution is -2.14. The van der Waals surface area contributed by atoms with Crippen molar-refractivity contribution in [2.24, 2.45) is 0 Å². The molecule has 5 heteroatoms. The van der Waals surface area contributed by atoms with E-state index in [4.69, 9.17) is 5.11 Å². The van der Waals surface area contributed by atoms with E-state index in [-0.39, 0.29) is 11.3 Å². The number of carbonyl (C=O) groups excluding carboxylic acids is 2. The molecule has 0 aromatic heterocycles. The van der Waals surface area contributed by atoms with Gasteiger partial charge in [0.2, 0.25) is 11.6 Å². The van der Waals surface area contributed by atoms with Gasteiger partial charge in [-0.2, -0.15) is 0 Å². The predicted octanol–water partition coefficient (Wildman–Crippen LogP) is 2.71. The van der Waals surface area contributed by atoms with Gasteiger partial charge in [0.05, 0.1) is 5.56 Å². The molecule has 0 aliphatic rings. The average molecular weight is 298 g/mol. The van der Waals surface area contributed by atoms with Gasteiger partial charge in [0, 0.05) is 11.6 Å². The van der Waals surface area contributed by atoms with Crippen LogP contribution in [0.3, 0.4) is 0 Å². The van der Waals surface area contributed by atoms with Gasteiger partial charge in [-0.15, -0.1) is 0 Å². The van der Waals surface area contributed by atoms with Crippen LogP contribution in [0, 0.1) is 0 Å². The number of benzene rings is 2. The summed E-state index contributed by atoms with van der Waals surface area (Å²) in [5, 5.41) is 17.1. The largest absolute Gasteiger partial charge is 0.507 e. The predicted molar refractivity (Wildman–Crippen MR) is 81.0 cm³/mol. The second-order valence-corrected chi connectivity index (χ2v) is 4.08. The van der Waals surface area contributed by atoms with Gasteiger partial charge in [-0.25, -0.2) is 4.79 Å². The van der Waals surface area contributed by atoms with E-state index in [1.165, 1.54) is 12.1 Å². The van der Waals surface area contributed by atoms with E-state index in [9.17, 15) is 19.5 Å². The fraction of sp³-hybridized carbons (Fsp3) is 0. The number of hydrogen-bond donors (Lipinski definition) is 2. The van der Waals surface area contributed by atoms with Crippen molar-refractivity contribution in [1.82, 2.24) is 0 Å². The van der Waals surface area contributed by atoms with Crippen LogP contribution in [-0.2, 0) is 4.79 Å². The van der Waals surface area contributed by atoms with Crippen LogP contribution in [0.15, 0.2) is 67.3 Å². The Hall–Kier alpha value is -3.21. The maximum Gasteiger partial charge on any atom is 0.327 e. The minimum atomic E-state index is -0.981. The number of phenols is 1. The Morgan fingerprint density at radius 2 is 1.36 bits per heavy atom. The Morgan fingerprint density at radius 3 is 1.86 bits per heavy atom. The lowest BCUT2D eigenvalue weighted by Gasteiger charge is -2.02. The third-order valence-electron chi connectivity index (χ3n) is 2.57. The maximum absolute atomic E-state index is 11.9. The van der Waals surface area contributed by atoms with Gasteiger partial charge in [-0.3, -0.25) is 9.59 Å². The summed E-state index contributed by atoms with van der Waals surface area (Å²) in [6.45, 7) is 2.96. The fourth-order valence-electron chi connectivity index (χ4n) is 1.51. The number of ketones is 2. The summed E-state index contributed by atoms with van der Waals surface area (Å²) in [6.07, 6.45) is 0.833. The van der Waals surface area contributed by atoms with Crippen LogP contribution in [0.2, 0.25) is 0 Å². The molecule has 112 valence electrons. The van der Waals surface area contributed by atoms with Crippen LogP contribution >= 0.6 is 0 Å². The Morgan fingerprint density at radius 1 is 0.864 bits per heavy atom. The standard InChI is InChI=1S/C14H10O3.C3H4O2/c15-12-9-5-4-8-11(12)14(17)13(16)10-6-2-1-3-7-10;1-2-3(4)5/h1-9,15H;2H,1H2,(H,4,5). The first-order chi connectivity index (χ1) is 10.5. The summed E-state index contributed by atoms with van der Waals surface area (Å²) in [5.74, 6) is -2.48. The van der Waals surface area contributed by atoms with E-state index < -0.39 is 17.5 Å². The van der Waals surface area contributed by atoms with Gasteiger partial charge in [-0.05, 0) is 12.1 Å². The summed E-state index contributed by atoms with van der Waals surface area (Å²) in [6, 6.07) is 14.3. The third-order valence-corrected chi connectivity index (χ3v) is 2.57. The molecule has 2 aromatic rings. The van der Waals surface area contributed by atoms with E-state index in [0.29, 0.717) is 5.56 Å². The number of carbonyl (C=O) groups is 3. The van der Waals surface area contributed by atoms with Crippen molar-refractivity contribution in [3.63, 3.8) is 0 Å². The molecule has 0 aliphatic heterocycles. The van der Waals surface area contributed by atoms with Gasteiger partial charge in [0.15, 0.2) is 0 Å². The van der Waals surface area contributed by atoms with Crippen molar-refractivity contribution in [3.05, 3.63) is 78.4 Å². The highest BCUT2D eigenvalue weighted by atomic mass is 16.4. The average Bonchev–Trinajstić information content (AvgIpc) is 2.55. The topological polar surface area (TPSA) is 91.7 Å². The molecule has 0 unspecified atom stereocenters. The Kier molecular flexibility index (Phi) is 6.25. The first-order valence-corrected chi connectivity index (χ1v) is 6.24. The van der Waals surface area contributed by atoms with E-state index in [2.05, 4.69) is 6.58 Å². The molecular weight excluding hydrogens is 284 g/mol. The number of phenolic OH excluding ortho intramolecular Hbond substituents is 1. The summed E-state index contributed by atoms with van der Waals surface area (Å²) in [4.78, 5) is 32.9. The monoisotopic (exact) mass is 298 g/mol. The Balaban J connectivity index is 0.000000422. The molecule has 0 bridgehead atoms. The molecule has 2 N–H and O–H groups in total. The fourth-order valence-corrected chi connectivity index (χ4v) is 1.51. The van der Waals surface area contributed by atoms with Crippen LogP contribution in [0.5, 0.6) is 5.75 Å². The number of carboxylic acids is 1. The first-order valence-electron chi connectivity index (χ1n) is 6.24. The molecule has 0 aliphatic carbocycles. The minimum Gasteiger partial charge on any atom is -0.507 e. The second kappa shape index (κ2) is 8.16. The Labute approximate surface area is 127 Å². The molecule has 2 aromatic carbocycles. The highest BCUT2D eigenvalue weighted by Crippen LogP contribution is 2.18. The van der Waals surface area contributed by atoms with Crippen molar-refractivity contribution in [3.8, 4) is 5.75 Å². The molecule has 22 heavy (non-hydrogen) atoms. The van der Waals surface area contributed by atoms with Gasteiger partial charge in [0.25, 0.3) is 0 Å². The highest BCUT2D eigenvalue weighted by Gasteiger charge is 2.20. The molecule has 0 saturated heterocycles. The molecule has 5 nitrogen and oxygen atoms in total. The zero-order chi connectivity index (χ0) is 16.5. The van der Waals surface area contributed by atoms with Crippen LogP contribution < -0.4 is 0 Å². The molecule has 0 amide bonds. The molecule has 0 atom stereocenters. The number of aliphatic carboxylic acids is 1. The van der Waals surface area contributed by atoms with Gasteiger partial charge >= 0.3 is 5.97 Å². The van der Waals surface area contributed by atoms with E-state index in [0.717, 1.165) is 6.08 Å². The van der Waals surface area contributed by atoms with Crippen LogP contribution in [0.4, 0.5) is 0 Å². The van der Waals surface area contributed by atoms with Crippen LogP contribution in [-0.4, -0.2) is 27.7 Å². The summed E-state index contributed by atoms with van der Waals surface area (Å²) >= 11 is 0. The third kappa shape index (κ3) is 4.72. The Bertz CT molecular complexity index is 689. The van der Waals surface area contributed by atoms with Gasteiger partial charge < -0.3 is 10.2 Å². The molecule has 0 fully saturated rings. The van der Waals surface area contributed by atoms with E-state index >= 15 is 0 Å². The molecular formula is C17H14O5. The SMILES string of the molecule is C=CC(=O)O.O=C(C(=O)c1ccccc1O)c1ccccc1. The zero-order valence-electron chi connectivity index (χ0n) is 11.6. The first kappa shape index (κ1) is 16.8. The number of rotatable bonds is 4. The second-order valence-electron chi connectivity index (χ2n) is 4.08. The summed E-state index contributed by atoms with van der Waals surface area (Å²) in [5.41, 5.74) is 0.349. The van der Waals surface area contributed by atoms with Gasteiger partial charge in [-0.1, -0.05) is 49.0 Å². The number of para-hydroxylation sites is 1.